The summed E-state index contributed by atoms with van der Waals surface area (Å²) in [4.78, 5) is 8.25. The lowest BCUT2D eigenvalue weighted by Gasteiger charge is -2.33. The van der Waals surface area contributed by atoms with Gasteiger partial charge >= 0.3 is 0 Å². The number of piperidine rings is 1. The summed E-state index contributed by atoms with van der Waals surface area (Å²) in [7, 11) is -1.85. The molecule has 3 rings (SSSR count). The smallest absolute Gasteiger partial charge is 0.262 e. The Labute approximate surface area is 127 Å². The molecule has 1 atom stereocenters. The van der Waals surface area contributed by atoms with Crippen LogP contribution in [-0.2, 0) is 17.1 Å². The minimum absolute atomic E-state index is 0.0834. The average Bonchev–Trinajstić information content (AvgIpc) is 3.08. The van der Waals surface area contributed by atoms with E-state index in [1.165, 1.54) is 28.2 Å². The van der Waals surface area contributed by atoms with Crippen molar-refractivity contribution in [2.45, 2.75) is 30.3 Å². The van der Waals surface area contributed by atoms with Gasteiger partial charge in [0.05, 0.1) is 18.1 Å². The second-order valence-corrected chi connectivity index (χ2v) is 7.84. The highest BCUT2D eigenvalue weighted by molar-refractivity contribution is 7.89. The molecule has 9 heteroatoms. The van der Waals surface area contributed by atoms with E-state index in [1.807, 2.05) is 5.38 Å². The zero-order valence-corrected chi connectivity index (χ0v) is 13.3. The second kappa shape index (κ2) is 5.39. The van der Waals surface area contributed by atoms with Gasteiger partial charge in [-0.15, -0.1) is 11.3 Å². The van der Waals surface area contributed by atoms with Crippen LogP contribution >= 0.6 is 11.3 Å². The van der Waals surface area contributed by atoms with E-state index in [9.17, 15) is 8.42 Å². The molecule has 1 aliphatic heterocycles. The maximum Gasteiger partial charge on any atom is 0.262 e. The molecule has 1 aliphatic rings. The van der Waals surface area contributed by atoms with Gasteiger partial charge in [0.2, 0.25) is 0 Å². The lowest BCUT2D eigenvalue weighted by Crippen LogP contribution is -2.38. The number of imidazole rings is 1. The first-order chi connectivity index (χ1) is 9.98. The number of hydrogen-bond donors (Lipinski definition) is 1. The highest BCUT2D eigenvalue weighted by Gasteiger charge is 2.36. The number of nitrogens with two attached hydrogens (primary N) is 1. The van der Waals surface area contributed by atoms with E-state index in [2.05, 4.69) is 9.97 Å². The molecular weight excluding hydrogens is 310 g/mol. The molecule has 0 bridgehead atoms. The first-order valence-corrected chi connectivity index (χ1v) is 9.01. The molecular formula is C12H17N5O2S2. The molecule has 2 N–H and O–H groups in total. The SMILES string of the molecule is Cn1cnc(S(=O)(=O)N2CCCCC2c2csc(N)n2)c1. The zero-order valence-electron chi connectivity index (χ0n) is 11.6. The predicted molar refractivity (Wildman–Crippen MR) is 80.2 cm³/mol. The average molecular weight is 327 g/mol. The summed E-state index contributed by atoms with van der Waals surface area (Å²) in [6.45, 7) is 0.487. The van der Waals surface area contributed by atoms with Crippen LogP contribution in [0.15, 0.2) is 22.9 Å². The fourth-order valence-corrected chi connectivity index (χ4v) is 4.83. The molecule has 0 amide bonds. The van der Waals surface area contributed by atoms with Crippen molar-refractivity contribution in [2.24, 2.45) is 7.05 Å². The van der Waals surface area contributed by atoms with Gasteiger partial charge in [0.25, 0.3) is 10.0 Å². The summed E-state index contributed by atoms with van der Waals surface area (Å²) in [6.07, 6.45) is 5.61. The van der Waals surface area contributed by atoms with Gasteiger partial charge in [0.1, 0.15) is 0 Å². The molecule has 1 fully saturated rings. The molecule has 2 aromatic heterocycles. The van der Waals surface area contributed by atoms with Crippen molar-refractivity contribution in [3.8, 4) is 0 Å². The Morgan fingerprint density at radius 2 is 2.24 bits per heavy atom. The van der Waals surface area contributed by atoms with Crippen LogP contribution in [0.5, 0.6) is 0 Å². The summed E-state index contributed by atoms with van der Waals surface area (Å²) in [5.74, 6) is 0. The molecule has 2 aromatic rings. The molecule has 0 saturated carbocycles. The van der Waals surface area contributed by atoms with Crippen LogP contribution in [0, 0.1) is 0 Å². The predicted octanol–water partition coefficient (Wildman–Crippen LogP) is 1.37. The van der Waals surface area contributed by atoms with Crippen molar-refractivity contribution in [3.05, 3.63) is 23.6 Å². The molecule has 3 heterocycles. The lowest BCUT2D eigenvalue weighted by molar-refractivity contribution is 0.251. The number of nitrogens with zero attached hydrogens (tertiary/aromatic N) is 4. The van der Waals surface area contributed by atoms with E-state index < -0.39 is 10.0 Å². The molecule has 1 saturated heterocycles. The minimum atomic E-state index is -3.60. The Balaban J connectivity index is 1.97. The van der Waals surface area contributed by atoms with Gasteiger partial charge in [-0.25, -0.2) is 18.4 Å². The van der Waals surface area contributed by atoms with Gasteiger partial charge in [-0.05, 0) is 12.8 Å². The van der Waals surface area contributed by atoms with E-state index in [0.717, 1.165) is 25.0 Å². The number of rotatable bonds is 3. The summed E-state index contributed by atoms with van der Waals surface area (Å²) in [5, 5.41) is 2.39. The van der Waals surface area contributed by atoms with Crippen LogP contribution in [-0.4, -0.2) is 33.8 Å². The number of sulfonamides is 1. The largest absolute Gasteiger partial charge is 0.375 e. The van der Waals surface area contributed by atoms with Crippen LogP contribution in [0.2, 0.25) is 0 Å². The van der Waals surface area contributed by atoms with Crippen LogP contribution in [0.25, 0.3) is 0 Å². The quantitative estimate of drug-likeness (QED) is 0.919. The Morgan fingerprint density at radius 1 is 1.43 bits per heavy atom. The standard InChI is InChI=1S/C12H17N5O2S2/c1-16-6-11(14-8-16)21(18,19)17-5-3-2-4-10(17)9-7-20-12(13)15-9/h6-8,10H,2-5H2,1H3,(H2,13,15). The molecule has 0 spiro atoms. The number of aromatic nitrogens is 3. The van der Waals surface area contributed by atoms with Crippen LogP contribution in [0.3, 0.4) is 0 Å². The number of thiazole rings is 1. The normalized spacial score (nSPS) is 20.7. The lowest BCUT2D eigenvalue weighted by atomic mass is 10.0. The summed E-state index contributed by atoms with van der Waals surface area (Å²) >= 11 is 1.34. The third-order valence-corrected chi connectivity index (χ3v) is 6.08. The van der Waals surface area contributed by atoms with Crippen LogP contribution < -0.4 is 5.73 Å². The van der Waals surface area contributed by atoms with E-state index in [-0.39, 0.29) is 11.1 Å². The molecule has 0 radical (unpaired) electrons. The third-order valence-electron chi connectivity index (χ3n) is 3.59. The first-order valence-electron chi connectivity index (χ1n) is 6.69. The van der Waals surface area contributed by atoms with Gasteiger partial charge < -0.3 is 10.3 Å². The minimum Gasteiger partial charge on any atom is -0.375 e. The van der Waals surface area contributed by atoms with Crippen molar-refractivity contribution < 1.29 is 8.42 Å². The highest BCUT2D eigenvalue weighted by Crippen LogP contribution is 2.35. The van der Waals surface area contributed by atoms with E-state index in [0.29, 0.717) is 11.7 Å². The molecule has 7 nitrogen and oxygen atoms in total. The first kappa shape index (κ1) is 14.5. The van der Waals surface area contributed by atoms with Gasteiger partial charge in [-0.3, -0.25) is 0 Å². The van der Waals surface area contributed by atoms with Gasteiger partial charge in [-0.1, -0.05) is 6.42 Å². The fourth-order valence-electron chi connectivity index (χ4n) is 2.58. The third kappa shape index (κ3) is 2.68. The maximum atomic E-state index is 12.8. The summed E-state index contributed by atoms with van der Waals surface area (Å²) in [5.41, 5.74) is 6.41. The van der Waals surface area contributed by atoms with Gasteiger partial charge in [0.15, 0.2) is 10.2 Å². The number of aryl methyl sites for hydroxylation is 1. The molecule has 114 valence electrons. The number of hydrogen-bond acceptors (Lipinski definition) is 6. The summed E-state index contributed by atoms with van der Waals surface area (Å²) in [6, 6.07) is -0.251. The molecule has 0 aromatic carbocycles. The summed E-state index contributed by atoms with van der Waals surface area (Å²) < 4.78 is 28.7. The topological polar surface area (TPSA) is 94.1 Å². The van der Waals surface area contributed by atoms with E-state index in [4.69, 9.17) is 5.73 Å². The molecule has 21 heavy (non-hydrogen) atoms. The Hall–Kier alpha value is -1.45. The van der Waals surface area contributed by atoms with Gasteiger partial charge in [0, 0.05) is 25.2 Å². The highest BCUT2D eigenvalue weighted by atomic mass is 32.2. The van der Waals surface area contributed by atoms with Crippen molar-refractivity contribution in [2.75, 3.05) is 12.3 Å². The van der Waals surface area contributed by atoms with Crippen LogP contribution in [0.4, 0.5) is 5.13 Å². The van der Waals surface area contributed by atoms with Crippen molar-refractivity contribution >= 4 is 26.5 Å². The number of nitrogen functional groups attached to an aromatic ring is 1. The fraction of sp³-hybridized carbons (Fsp3) is 0.500. The van der Waals surface area contributed by atoms with E-state index in [1.54, 1.807) is 11.6 Å². The monoisotopic (exact) mass is 327 g/mol. The Kier molecular flexibility index (Phi) is 3.72. The second-order valence-electron chi connectivity index (χ2n) is 5.12. The number of anilines is 1. The molecule has 0 aliphatic carbocycles. The van der Waals surface area contributed by atoms with Crippen molar-refractivity contribution in [1.82, 2.24) is 18.8 Å². The molecule has 1 unspecified atom stereocenters. The van der Waals surface area contributed by atoms with Crippen molar-refractivity contribution in [3.63, 3.8) is 0 Å². The Bertz CT molecular complexity index is 736. The van der Waals surface area contributed by atoms with Gasteiger partial charge in [-0.2, -0.15) is 4.31 Å². The zero-order chi connectivity index (χ0) is 15.0. The Morgan fingerprint density at radius 3 is 2.86 bits per heavy atom. The maximum absolute atomic E-state index is 12.8. The van der Waals surface area contributed by atoms with Crippen molar-refractivity contribution in [1.29, 1.82) is 0 Å². The van der Waals surface area contributed by atoms with E-state index >= 15 is 0 Å². The van der Waals surface area contributed by atoms with Crippen LogP contribution in [0.1, 0.15) is 31.0 Å².